The van der Waals surface area contributed by atoms with Gasteiger partial charge < -0.3 is 9.32 Å². The van der Waals surface area contributed by atoms with E-state index in [9.17, 15) is 14.4 Å². The molecular weight excluding hydrogens is 412 g/mol. The third kappa shape index (κ3) is 3.56. The lowest BCUT2D eigenvalue weighted by atomic mass is 9.95. The van der Waals surface area contributed by atoms with Crippen molar-refractivity contribution in [3.63, 3.8) is 0 Å². The summed E-state index contributed by atoms with van der Waals surface area (Å²) in [4.78, 5) is 41.5. The van der Waals surface area contributed by atoms with Gasteiger partial charge in [-0.15, -0.1) is 0 Å². The van der Waals surface area contributed by atoms with Crippen LogP contribution in [0.5, 0.6) is 0 Å². The average Bonchev–Trinajstić information content (AvgIpc) is 3.25. The van der Waals surface area contributed by atoms with Crippen molar-refractivity contribution in [2.45, 2.75) is 45.2 Å². The topological polar surface area (TPSA) is 70.8 Å². The van der Waals surface area contributed by atoms with Crippen LogP contribution < -0.4 is 4.90 Å². The molecule has 2 aromatic rings. The second-order valence-corrected chi connectivity index (χ2v) is 8.00. The van der Waals surface area contributed by atoms with Crippen molar-refractivity contribution in [3.05, 3.63) is 52.9 Å². The summed E-state index contributed by atoms with van der Waals surface area (Å²) in [5.74, 6) is -0.963. The van der Waals surface area contributed by atoms with E-state index in [1.54, 1.807) is 36.4 Å². The van der Waals surface area contributed by atoms with Crippen molar-refractivity contribution in [1.29, 1.82) is 0 Å². The number of rotatable bonds is 5. The SMILES string of the molecule is CCC(C)(C)N(C(=O)c1ccco1)C1CC(=O)N(c2ccc(Br)cc2)C1=O. The molecule has 0 N–H and O–H groups in total. The van der Waals surface area contributed by atoms with Crippen molar-refractivity contribution < 1.29 is 18.8 Å². The van der Waals surface area contributed by atoms with Crippen LogP contribution in [0.4, 0.5) is 5.69 Å². The first-order chi connectivity index (χ1) is 12.8. The number of amides is 3. The molecule has 1 aliphatic rings. The van der Waals surface area contributed by atoms with Gasteiger partial charge in [-0.25, -0.2) is 4.90 Å². The molecule has 1 atom stereocenters. The Morgan fingerprint density at radius 3 is 2.48 bits per heavy atom. The molecule has 1 saturated heterocycles. The third-order valence-electron chi connectivity index (χ3n) is 4.99. The summed E-state index contributed by atoms with van der Waals surface area (Å²) in [6.07, 6.45) is 1.99. The van der Waals surface area contributed by atoms with Crippen LogP contribution >= 0.6 is 15.9 Å². The first-order valence-electron chi connectivity index (χ1n) is 8.76. The van der Waals surface area contributed by atoms with Crippen LogP contribution in [0.3, 0.4) is 0 Å². The van der Waals surface area contributed by atoms with Gasteiger partial charge in [0.1, 0.15) is 6.04 Å². The molecule has 1 aliphatic heterocycles. The number of furan rings is 1. The Kier molecular flexibility index (Phi) is 5.24. The molecule has 142 valence electrons. The molecule has 1 aromatic carbocycles. The highest BCUT2D eigenvalue weighted by Crippen LogP contribution is 2.32. The predicted octanol–water partition coefficient (Wildman–Crippen LogP) is 4.01. The average molecular weight is 433 g/mol. The second-order valence-electron chi connectivity index (χ2n) is 7.08. The van der Waals surface area contributed by atoms with Gasteiger partial charge in [0.05, 0.1) is 18.4 Å². The number of anilines is 1. The number of hydrogen-bond acceptors (Lipinski definition) is 4. The molecule has 3 amide bonds. The molecule has 0 bridgehead atoms. The van der Waals surface area contributed by atoms with E-state index in [4.69, 9.17) is 4.42 Å². The predicted molar refractivity (Wildman–Crippen MR) is 104 cm³/mol. The zero-order valence-corrected chi connectivity index (χ0v) is 17.0. The Morgan fingerprint density at radius 2 is 1.93 bits per heavy atom. The number of halogens is 1. The lowest BCUT2D eigenvalue weighted by Gasteiger charge is -2.40. The molecule has 1 unspecified atom stereocenters. The van der Waals surface area contributed by atoms with Gasteiger partial charge in [0.25, 0.3) is 11.8 Å². The Morgan fingerprint density at radius 1 is 1.26 bits per heavy atom. The molecule has 6 nitrogen and oxygen atoms in total. The molecule has 3 rings (SSSR count). The highest BCUT2D eigenvalue weighted by atomic mass is 79.9. The maximum Gasteiger partial charge on any atom is 0.290 e. The summed E-state index contributed by atoms with van der Waals surface area (Å²) in [5.41, 5.74) is -0.129. The molecule has 7 heteroatoms. The van der Waals surface area contributed by atoms with Crippen molar-refractivity contribution in [2.24, 2.45) is 0 Å². The number of hydrogen-bond donors (Lipinski definition) is 0. The van der Waals surface area contributed by atoms with Crippen LogP contribution in [0, 0.1) is 0 Å². The van der Waals surface area contributed by atoms with E-state index in [1.807, 2.05) is 20.8 Å². The quantitative estimate of drug-likeness (QED) is 0.669. The van der Waals surface area contributed by atoms with Gasteiger partial charge >= 0.3 is 0 Å². The molecule has 0 saturated carbocycles. The molecule has 1 aromatic heterocycles. The molecule has 0 aliphatic carbocycles. The number of benzene rings is 1. The standard InChI is InChI=1S/C20H21BrN2O4/c1-4-20(2,3)23(19(26)16-6-5-11-27-16)15-12-17(24)22(18(15)25)14-9-7-13(21)8-10-14/h5-11,15H,4,12H2,1-3H3. The smallest absolute Gasteiger partial charge is 0.290 e. The number of nitrogens with zero attached hydrogens (tertiary/aromatic N) is 2. The van der Waals surface area contributed by atoms with Crippen molar-refractivity contribution in [2.75, 3.05) is 4.90 Å². The van der Waals surface area contributed by atoms with Crippen molar-refractivity contribution in [3.8, 4) is 0 Å². The maximum absolute atomic E-state index is 13.1. The summed E-state index contributed by atoms with van der Waals surface area (Å²) in [6.45, 7) is 5.71. The fourth-order valence-corrected chi connectivity index (χ4v) is 3.47. The van der Waals surface area contributed by atoms with Gasteiger partial charge in [0, 0.05) is 10.0 Å². The fraction of sp³-hybridized carbons (Fsp3) is 0.350. The Balaban J connectivity index is 1.98. The summed E-state index contributed by atoms with van der Waals surface area (Å²) in [6, 6.07) is 9.26. The largest absolute Gasteiger partial charge is 0.459 e. The number of carbonyl (C=O) groups excluding carboxylic acids is 3. The lowest BCUT2D eigenvalue weighted by Crippen LogP contribution is -2.55. The number of imide groups is 1. The second kappa shape index (κ2) is 7.31. The molecule has 0 spiro atoms. The molecule has 2 heterocycles. The van der Waals surface area contributed by atoms with Crippen LogP contribution in [0.2, 0.25) is 0 Å². The zero-order chi connectivity index (χ0) is 19.8. The van der Waals surface area contributed by atoms with Crippen molar-refractivity contribution >= 4 is 39.3 Å². The Hall–Kier alpha value is -2.41. The van der Waals surface area contributed by atoms with E-state index >= 15 is 0 Å². The van der Waals surface area contributed by atoms with E-state index in [0.29, 0.717) is 12.1 Å². The minimum atomic E-state index is -0.867. The van der Waals surface area contributed by atoms with Crippen LogP contribution in [-0.4, -0.2) is 34.2 Å². The van der Waals surface area contributed by atoms with E-state index in [1.165, 1.54) is 11.2 Å². The normalized spacial score (nSPS) is 17.5. The summed E-state index contributed by atoms with van der Waals surface area (Å²) < 4.78 is 6.11. The van der Waals surface area contributed by atoms with Crippen molar-refractivity contribution in [1.82, 2.24) is 4.90 Å². The fourth-order valence-electron chi connectivity index (χ4n) is 3.21. The van der Waals surface area contributed by atoms with Gasteiger partial charge in [-0.3, -0.25) is 14.4 Å². The maximum atomic E-state index is 13.1. The Labute approximate surface area is 166 Å². The Bertz CT molecular complexity index is 859. The first kappa shape index (κ1) is 19.4. The van der Waals surface area contributed by atoms with Gasteiger partial charge in [0.2, 0.25) is 5.91 Å². The van der Waals surface area contributed by atoms with Crippen LogP contribution in [0.15, 0.2) is 51.6 Å². The first-order valence-corrected chi connectivity index (χ1v) is 9.55. The molecular formula is C20H21BrN2O4. The van der Waals surface area contributed by atoms with Gasteiger partial charge in [-0.2, -0.15) is 0 Å². The van der Waals surface area contributed by atoms with E-state index in [2.05, 4.69) is 15.9 Å². The highest BCUT2D eigenvalue weighted by Gasteiger charge is 2.48. The van der Waals surface area contributed by atoms with Gasteiger partial charge in [-0.1, -0.05) is 22.9 Å². The minimum absolute atomic E-state index is 0.0508. The third-order valence-corrected chi connectivity index (χ3v) is 5.52. The van der Waals surface area contributed by atoms with E-state index < -0.39 is 23.4 Å². The van der Waals surface area contributed by atoms with Gasteiger partial charge in [0.15, 0.2) is 5.76 Å². The van der Waals surface area contributed by atoms with E-state index in [0.717, 1.165) is 9.37 Å². The zero-order valence-electron chi connectivity index (χ0n) is 15.4. The minimum Gasteiger partial charge on any atom is -0.459 e. The van der Waals surface area contributed by atoms with Crippen LogP contribution in [0.25, 0.3) is 0 Å². The van der Waals surface area contributed by atoms with Gasteiger partial charge in [-0.05, 0) is 56.7 Å². The molecule has 0 radical (unpaired) electrons. The highest BCUT2D eigenvalue weighted by molar-refractivity contribution is 9.10. The summed E-state index contributed by atoms with van der Waals surface area (Å²) in [5, 5.41) is 0. The molecule has 1 fully saturated rings. The number of carbonyl (C=O) groups is 3. The van der Waals surface area contributed by atoms with Crippen LogP contribution in [-0.2, 0) is 9.59 Å². The van der Waals surface area contributed by atoms with Crippen LogP contribution in [0.1, 0.15) is 44.2 Å². The lowest BCUT2D eigenvalue weighted by molar-refractivity contribution is -0.123. The van der Waals surface area contributed by atoms with E-state index in [-0.39, 0.29) is 18.1 Å². The summed E-state index contributed by atoms with van der Waals surface area (Å²) in [7, 11) is 0. The monoisotopic (exact) mass is 432 g/mol. The molecule has 27 heavy (non-hydrogen) atoms. The summed E-state index contributed by atoms with van der Waals surface area (Å²) >= 11 is 3.34.